The summed E-state index contributed by atoms with van der Waals surface area (Å²) in [4.78, 5) is 29.5. The highest BCUT2D eigenvalue weighted by Gasteiger charge is 2.30. The van der Waals surface area contributed by atoms with E-state index in [-0.39, 0.29) is 18.4 Å². The molecule has 0 unspecified atom stereocenters. The number of ether oxygens (including phenoxy) is 2. The molecule has 0 radical (unpaired) electrons. The third-order valence-corrected chi connectivity index (χ3v) is 6.38. The second-order valence-electron chi connectivity index (χ2n) is 9.43. The number of fused-ring (bicyclic) bond motifs is 1. The average Bonchev–Trinajstić information content (AvgIpc) is 3.58. The van der Waals surface area contributed by atoms with Gasteiger partial charge in [0.1, 0.15) is 30.1 Å². The molecule has 1 saturated carbocycles. The van der Waals surface area contributed by atoms with E-state index in [2.05, 4.69) is 30.7 Å². The van der Waals surface area contributed by atoms with E-state index in [0.717, 1.165) is 24.0 Å². The van der Waals surface area contributed by atoms with Crippen molar-refractivity contribution in [3.05, 3.63) is 72.3 Å². The third-order valence-electron chi connectivity index (χ3n) is 6.38. The van der Waals surface area contributed by atoms with Gasteiger partial charge in [-0.3, -0.25) is 9.48 Å². The highest BCUT2D eigenvalue weighted by atomic mass is 16.5. The molecule has 3 aromatic heterocycles. The highest BCUT2D eigenvalue weighted by molar-refractivity contribution is 5.97. The molecule has 0 atom stereocenters. The van der Waals surface area contributed by atoms with Gasteiger partial charge in [0, 0.05) is 19.0 Å². The van der Waals surface area contributed by atoms with Crippen molar-refractivity contribution in [1.82, 2.24) is 29.7 Å². The molecule has 1 fully saturated rings. The Kier molecular flexibility index (Phi) is 6.64. The van der Waals surface area contributed by atoms with Crippen molar-refractivity contribution in [2.24, 2.45) is 13.0 Å². The number of hydrogen-bond acceptors (Lipinski definition) is 8. The molecule has 6 rings (SSSR count). The van der Waals surface area contributed by atoms with Crippen molar-refractivity contribution in [2.45, 2.75) is 26.1 Å². The van der Waals surface area contributed by atoms with Gasteiger partial charge in [-0.15, -0.1) is 0 Å². The molecule has 3 heterocycles. The fourth-order valence-corrected chi connectivity index (χ4v) is 4.32. The molecule has 39 heavy (non-hydrogen) atoms. The van der Waals surface area contributed by atoms with Gasteiger partial charge in [-0.2, -0.15) is 5.10 Å². The molecule has 0 bridgehead atoms. The average molecular weight is 525 g/mol. The van der Waals surface area contributed by atoms with Crippen molar-refractivity contribution in [2.75, 3.05) is 17.7 Å². The van der Waals surface area contributed by atoms with Crippen molar-refractivity contribution in [1.29, 1.82) is 0 Å². The zero-order valence-electron chi connectivity index (χ0n) is 21.6. The molecule has 2 aromatic carbocycles. The molecule has 0 saturated heterocycles. The number of nitrogens with one attached hydrogen (secondary N) is 3. The number of benzene rings is 2. The Balaban J connectivity index is 1.33. The number of pyridine rings is 1. The topological polar surface area (TPSA) is 132 Å². The van der Waals surface area contributed by atoms with E-state index >= 15 is 0 Å². The summed E-state index contributed by atoms with van der Waals surface area (Å²) in [6.07, 6.45) is 3.44. The number of carbonyl (C=O) groups is 1. The molecule has 5 aromatic rings. The van der Waals surface area contributed by atoms with Gasteiger partial charge >= 0.3 is 0 Å². The summed E-state index contributed by atoms with van der Waals surface area (Å²) in [6, 6.07) is 17.4. The number of aromatic nitrogens is 6. The monoisotopic (exact) mass is 524 g/mol. The fourth-order valence-electron chi connectivity index (χ4n) is 4.32. The molecular weight excluding hydrogens is 496 g/mol. The van der Waals surface area contributed by atoms with E-state index in [1.54, 1.807) is 24.2 Å². The molecule has 0 spiro atoms. The quantitative estimate of drug-likeness (QED) is 0.242. The van der Waals surface area contributed by atoms with Crippen molar-refractivity contribution < 1.29 is 14.3 Å². The van der Waals surface area contributed by atoms with E-state index in [0.29, 0.717) is 52.4 Å². The van der Waals surface area contributed by atoms with E-state index in [9.17, 15) is 4.79 Å². The first kappa shape index (κ1) is 24.6. The predicted octanol–water partition coefficient (Wildman–Crippen LogP) is 4.57. The lowest BCUT2D eigenvalue weighted by atomic mass is 10.1. The first-order valence-corrected chi connectivity index (χ1v) is 12.7. The van der Waals surface area contributed by atoms with Crippen LogP contribution in [0.3, 0.4) is 0 Å². The number of rotatable bonds is 10. The Bertz CT molecular complexity index is 1620. The molecule has 1 aliphatic carbocycles. The fraction of sp³-hybridized carbons (Fsp3) is 0.250. The summed E-state index contributed by atoms with van der Waals surface area (Å²) < 4.78 is 13.3. The number of anilines is 3. The third kappa shape index (κ3) is 5.43. The number of aromatic amines is 1. The Morgan fingerprint density at radius 2 is 1.92 bits per heavy atom. The smallest absolute Gasteiger partial charge is 0.228 e. The van der Waals surface area contributed by atoms with Crippen LogP contribution in [0.5, 0.6) is 5.75 Å². The van der Waals surface area contributed by atoms with Crippen LogP contribution >= 0.6 is 0 Å². The lowest BCUT2D eigenvalue weighted by molar-refractivity contribution is -0.117. The van der Waals surface area contributed by atoms with Gasteiger partial charge in [-0.25, -0.2) is 15.0 Å². The minimum absolute atomic E-state index is 0.0282. The first-order chi connectivity index (χ1) is 19.1. The highest BCUT2D eigenvalue weighted by Crippen LogP contribution is 2.38. The number of methoxy groups -OCH3 is 1. The molecule has 1 amide bonds. The number of aryl methyl sites for hydroxylation is 1. The molecule has 1 aliphatic rings. The normalized spacial score (nSPS) is 13.0. The van der Waals surface area contributed by atoms with E-state index in [1.807, 2.05) is 55.6 Å². The maximum Gasteiger partial charge on any atom is 0.228 e. The first-order valence-electron chi connectivity index (χ1n) is 12.7. The van der Waals surface area contributed by atoms with Crippen LogP contribution < -0.4 is 15.4 Å². The van der Waals surface area contributed by atoms with E-state index < -0.39 is 0 Å². The van der Waals surface area contributed by atoms with Gasteiger partial charge in [0.05, 0.1) is 30.7 Å². The van der Waals surface area contributed by atoms with Gasteiger partial charge < -0.3 is 25.1 Å². The molecule has 198 valence electrons. The SMILES string of the molecule is COc1c(Nc2cc(NC(=O)C3CC3)nc3[nH]c(COCc4ccccc4)nc23)cccc1-c1ncn(C)n1. The van der Waals surface area contributed by atoms with Gasteiger partial charge in [-0.05, 0) is 30.5 Å². The van der Waals surface area contributed by atoms with Gasteiger partial charge in [0.2, 0.25) is 5.91 Å². The van der Waals surface area contributed by atoms with Crippen LogP contribution in [0.25, 0.3) is 22.6 Å². The predicted molar refractivity (Wildman–Crippen MR) is 146 cm³/mol. The summed E-state index contributed by atoms with van der Waals surface area (Å²) in [5.41, 5.74) is 4.31. The van der Waals surface area contributed by atoms with Crippen LogP contribution in [0.4, 0.5) is 17.2 Å². The summed E-state index contributed by atoms with van der Waals surface area (Å²) >= 11 is 0. The number of H-pyrrole nitrogens is 1. The summed E-state index contributed by atoms with van der Waals surface area (Å²) in [6.45, 7) is 0.739. The van der Waals surface area contributed by atoms with E-state index in [1.165, 1.54) is 0 Å². The van der Waals surface area contributed by atoms with E-state index in [4.69, 9.17) is 14.5 Å². The second-order valence-corrected chi connectivity index (χ2v) is 9.43. The zero-order chi connectivity index (χ0) is 26.8. The Labute approximate surface area is 224 Å². The van der Waals surface area contributed by atoms with Crippen LogP contribution in [0.2, 0.25) is 0 Å². The molecule has 11 nitrogen and oxygen atoms in total. The number of nitrogens with zero attached hydrogens (tertiary/aromatic N) is 5. The van der Waals surface area contributed by atoms with Crippen LogP contribution in [0.1, 0.15) is 24.2 Å². The lowest BCUT2D eigenvalue weighted by Crippen LogP contribution is -2.14. The summed E-state index contributed by atoms with van der Waals surface area (Å²) in [5.74, 6) is 2.21. The zero-order valence-corrected chi connectivity index (χ0v) is 21.6. The lowest BCUT2D eigenvalue weighted by Gasteiger charge is -2.15. The van der Waals surface area contributed by atoms with Gasteiger partial charge in [-0.1, -0.05) is 36.4 Å². The Hall–Kier alpha value is -4.77. The summed E-state index contributed by atoms with van der Waals surface area (Å²) in [5, 5.41) is 10.8. The van der Waals surface area contributed by atoms with Gasteiger partial charge in [0.15, 0.2) is 17.2 Å². The standard InChI is InChI=1S/C28H28N8O3/c1-36-16-29-26(35-36)19-9-6-10-20(25(19)38-2)30-21-13-22(34-28(37)18-11-12-18)32-27-24(21)31-23(33-27)15-39-14-17-7-4-3-5-8-17/h3-10,13,16,18H,11-12,14-15H2,1-2H3,(H3,30,31,32,33,34,37). The number of para-hydroxylation sites is 1. The molecule has 3 N–H and O–H groups in total. The van der Waals surface area contributed by atoms with Crippen LogP contribution in [-0.2, 0) is 29.8 Å². The van der Waals surface area contributed by atoms with Crippen molar-refractivity contribution >= 4 is 34.3 Å². The molecular formula is C28H28N8O3. The number of imidazole rings is 1. The second kappa shape index (κ2) is 10.5. The van der Waals surface area contributed by atoms with Crippen molar-refractivity contribution in [3.63, 3.8) is 0 Å². The van der Waals surface area contributed by atoms with Crippen LogP contribution in [0.15, 0.2) is 60.9 Å². The number of amides is 1. The largest absolute Gasteiger partial charge is 0.494 e. The minimum atomic E-state index is -0.0282. The maximum absolute atomic E-state index is 12.5. The number of carbonyl (C=O) groups excluding carboxylic acids is 1. The van der Waals surface area contributed by atoms with Crippen LogP contribution in [0, 0.1) is 5.92 Å². The van der Waals surface area contributed by atoms with Crippen LogP contribution in [-0.4, -0.2) is 42.7 Å². The number of hydrogen-bond donors (Lipinski definition) is 3. The minimum Gasteiger partial charge on any atom is -0.494 e. The summed E-state index contributed by atoms with van der Waals surface area (Å²) in [7, 11) is 3.42. The Morgan fingerprint density at radius 1 is 1.08 bits per heavy atom. The van der Waals surface area contributed by atoms with Crippen molar-refractivity contribution in [3.8, 4) is 17.1 Å². The van der Waals surface area contributed by atoms with Gasteiger partial charge in [0.25, 0.3) is 0 Å². The molecule has 0 aliphatic heterocycles. The Morgan fingerprint density at radius 3 is 2.67 bits per heavy atom. The maximum atomic E-state index is 12.5. The molecule has 11 heteroatoms.